The van der Waals surface area contributed by atoms with Gasteiger partial charge in [0.1, 0.15) is 0 Å². The van der Waals surface area contributed by atoms with Crippen LogP contribution in [0.1, 0.15) is 41.7 Å². The molecule has 1 saturated heterocycles. The minimum Gasteiger partial charge on any atom is -0.377 e. The average molecular weight is 414 g/mol. The predicted molar refractivity (Wildman–Crippen MR) is 102 cm³/mol. The van der Waals surface area contributed by atoms with E-state index in [4.69, 9.17) is 16.3 Å². The van der Waals surface area contributed by atoms with Gasteiger partial charge in [0.2, 0.25) is 0 Å². The number of fused-ring (bicyclic) bond motifs is 3. The third kappa shape index (κ3) is 3.43. The van der Waals surface area contributed by atoms with Gasteiger partial charge in [0.25, 0.3) is 0 Å². The Morgan fingerprint density at radius 3 is 2.74 bits per heavy atom. The second kappa shape index (κ2) is 7.22. The van der Waals surface area contributed by atoms with Crippen molar-refractivity contribution < 1.29 is 17.9 Å². The molecule has 0 bridgehead atoms. The molecule has 3 atom stereocenters. The molecule has 3 unspecified atom stereocenters. The van der Waals surface area contributed by atoms with E-state index in [1.807, 2.05) is 24.5 Å². The molecule has 1 N–H and O–H groups in total. The molecule has 0 radical (unpaired) electrons. The van der Waals surface area contributed by atoms with Crippen LogP contribution in [-0.2, 0) is 10.9 Å². The monoisotopic (exact) mass is 413 g/mol. The van der Waals surface area contributed by atoms with Crippen LogP contribution in [-0.4, -0.2) is 12.9 Å². The molecule has 2 aromatic rings. The Bertz CT molecular complexity index is 858. The molecule has 2 heterocycles. The van der Waals surface area contributed by atoms with Crippen LogP contribution in [0.3, 0.4) is 0 Å². The summed E-state index contributed by atoms with van der Waals surface area (Å²) in [6, 6.07) is 9.27. The van der Waals surface area contributed by atoms with E-state index >= 15 is 0 Å². The van der Waals surface area contributed by atoms with Gasteiger partial charge in [-0.3, -0.25) is 0 Å². The van der Waals surface area contributed by atoms with E-state index in [1.165, 1.54) is 12.1 Å². The first-order valence-electron chi connectivity index (χ1n) is 8.82. The highest BCUT2D eigenvalue weighted by molar-refractivity contribution is 7.98. The van der Waals surface area contributed by atoms with Crippen molar-refractivity contribution in [1.29, 1.82) is 0 Å². The number of para-hydroxylation sites is 1. The van der Waals surface area contributed by atoms with Crippen molar-refractivity contribution in [2.24, 2.45) is 5.92 Å². The van der Waals surface area contributed by atoms with Crippen LogP contribution in [0.15, 0.2) is 41.3 Å². The minimum atomic E-state index is -4.40. The van der Waals surface area contributed by atoms with E-state index in [0.717, 1.165) is 35.1 Å². The van der Waals surface area contributed by atoms with E-state index in [9.17, 15) is 13.2 Å². The van der Waals surface area contributed by atoms with Gasteiger partial charge in [-0.1, -0.05) is 23.7 Å². The fourth-order valence-electron chi connectivity index (χ4n) is 4.11. The van der Waals surface area contributed by atoms with Crippen molar-refractivity contribution in [1.82, 2.24) is 0 Å². The molecule has 7 heteroatoms. The topological polar surface area (TPSA) is 21.3 Å². The third-order valence-electron chi connectivity index (χ3n) is 5.34. The second-order valence-electron chi connectivity index (χ2n) is 6.88. The Morgan fingerprint density at radius 2 is 2.00 bits per heavy atom. The Morgan fingerprint density at radius 1 is 1.19 bits per heavy atom. The van der Waals surface area contributed by atoms with E-state index < -0.39 is 11.7 Å². The fraction of sp³-hybridized carbons (Fsp3) is 0.400. The largest absolute Gasteiger partial charge is 0.416 e. The number of rotatable bonds is 2. The molecule has 27 heavy (non-hydrogen) atoms. The van der Waals surface area contributed by atoms with Crippen molar-refractivity contribution in [3.05, 3.63) is 58.1 Å². The normalized spacial score (nSPS) is 24.7. The summed E-state index contributed by atoms with van der Waals surface area (Å²) >= 11 is 7.96. The smallest absolute Gasteiger partial charge is 0.377 e. The zero-order chi connectivity index (χ0) is 19.2. The number of ether oxygens (including phenoxy) is 1. The van der Waals surface area contributed by atoms with Crippen LogP contribution in [0, 0.1) is 5.92 Å². The van der Waals surface area contributed by atoms with Crippen LogP contribution in [0.5, 0.6) is 0 Å². The molecule has 4 rings (SSSR count). The molecule has 2 aliphatic heterocycles. The van der Waals surface area contributed by atoms with E-state index in [2.05, 4.69) is 5.32 Å². The zero-order valence-electron chi connectivity index (χ0n) is 14.6. The standard InChI is InChI=1S/C20H19ClF3NOS/c1-27-16-6-2-4-13-18(16)25-17(12-5-3-9-26-19(12)13)14-10-11(20(22,23)24)7-8-15(14)21/h2,4,6-8,10,12,17,19,25H,3,5,9H2,1H3. The maximum absolute atomic E-state index is 13.3. The summed E-state index contributed by atoms with van der Waals surface area (Å²) in [5.74, 6) is 0.0318. The summed E-state index contributed by atoms with van der Waals surface area (Å²) in [6.07, 6.45) is -0.806. The summed E-state index contributed by atoms with van der Waals surface area (Å²) in [5.41, 5.74) is 1.81. The highest BCUT2D eigenvalue weighted by Crippen LogP contribution is 2.52. The lowest BCUT2D eigenvalue weighted by molar-refractivity contribution is -0.137. The van der Waals surface area contributed by atoms with Gasteiger partial charge in [-0.2, -0.15) is 13.2 Å². The summed E-state index contributed by atoms with van der Waals surface area (Å²) in [7, 11) is 0. The number of hydrogen-bond acceptors (Lipinski definition) is 3. The number of thioether (sulfide) groups is 1. The average Bonchev–Trinajstić information content (AvgIpc) is 2.66. The first kappa shape index (κ1) is 19.0. The van der Waals surface area contributed by atoms with Gasteiger partial charge in [-0.15, -0.1) is 11.8 Å². The van der Waals surface area contributed by atoms with Gasteiger partial charge in [0.15, 0.2) is 0 Å². The Labute approximate surface area is 165 Å². The molecule has 0 spiro atoms. The molecular formula is C20H19ClF3NOS. The lowest BCUT2D eigenvalue weighted by Gasteiger charge is -2.44. The van der Waals surface area contributed by atoms with E-state index in [-0.39, 0.29) is 18.1 Å². The van der Waals surface area contributed by atoms with Gasteiger partial charge in [-0.25, -0.2) is 0 Å². The molecule has 0 saturated carbocycles. The van der Waals surface area contributed by atoms with Crippen molar-refractivity contribution in [3.8, 4) is 0 Å². The van der Waals surface area contributed by atoms with Crippen LogP contribution in [0.25, 0.3) is 0 Å². The molecule has 0 amide bonds. The SMILES string of the molecule is CSc1cccc2c1NC(c1cc(C(F)(F)F)ccc1Cl)C1CCCOC21. The summed E-state index contributed by atoms with van der Waals surface area (Å²) in [5, 5.41) is 3.84. The number of hydrogen-bond donors (Lipinski definition) is 1. The van der Waals surface area contributed by atoms with Crippen molar-refractivity contribution in [2.75, 3.05) is 18.2 Å². The van der Waals surface area contributed by atoms with Crippen LogP contribution < -0.4 is 5.32 Å². The van der Waals surface area contributed by atoms with Crippen LogP contribution >= 0.6 is 23.4 Å². The first-order valence-corrected chi connectivity index (χ1v) is 10.4. The van der Waals surface area contributed by atoms with Crippen LogP contribution in [0.2, 0.25) is 5.02 Å². The summed E-state index contributed by atoms with van der Waals surface area (Å²) in [6.45, 7) is 0.660. The Hall–Kier alpha value is -1.37. The molecule has 1 fully saturated rings. The van der Waals surface area contributed by atoms with E-state index in [0.29, 0.717) is 17.2 Å². The lowest BCUT2D eigenvalue weighted by Crippen LogP contribution is -2.36. The number of benzene rings is 2. The molecule has 144 valence electrons. The maximum Gasteiger partial charge on any atom is 0.416 e. The van der Waals surface area contributed by atoms with Gasteiger partial charge < -0.3 is 10.1 Å². The van der Waals surface area contributed by atoms with Crippen molar-refractivity contribution in [2.45, 2.75) is 36.1 Å². The predicted octanol–water partition coefficient (Wildman–Crippen LogP) is 6.72. The Kier molecular flexibility index (Phi) is 5.08. The fourth-order valence-corrected chi connectivity index (χ4v) is 4.94. The van der Waals surface area contributed by atoms with Gasteiger partial charge in [0, 0.05) is 28.0 Å². The quantitative estimate of drug-likeness (QED) is 0.552. The highest BCUT2D eigenvalue weighted by atomic mass is 35.5. The first-order chi connectivity index (χ1) is 12.9. The molecule has 0 aliphatic carbocycles. The molecule has 0 aromatic heterocycles. The third-order valence-corrected chi connectivity index (χ3v) is 6.46. The van der Waals surface area contributed by atoms with E-state index in [1.54, 1.807) is 11.8 Å². The summed E-state index contributed by atoms with van der Waals surface area (Å²) in [4.78, 5) is 1.05. The molecular weight excluding hydrogens is 395 g/mol. The minimum absolute atomic E-state index is 0.0318. The van der Waals surface area contributed by atoms with Crippen molar-refractivity contribution in [3.63, 3.8) is 0 Å². The number of halogens is 4. The molecule has 2 aliphatic rings. The van der Waals surface area contributed by atoms with Crippen molar-refractivity contribution >= 4 is 29.1 Å². The Balaban J connectivity index is 1.83. The lowest BCUT2D eigenvalue weighted by atomic mass is 9.77. The molecule has 2 aromatic carbocycles. The van der Waals surface area contributed by atoms with Gasteiger partial charge >= 0.3 is 6.18 Å². The zero-order valence-corrected chi connectivity index (χ0v) is 16.2. The van der Waals surface area contributed by atoms with Crippen LogP contribution in [0.4, 0.5) is 18.9 Å². The number of alkyl halides is 3. The second-order valence-corrected chi connectivity index (χ2v) is 8.13. The number of nitrogens with one attached hydrogen (secondary N) is 1. The maximum atomic E-state index is 13.3. The summed E-state index contributed by atoms with van der Waals surface area (Å²) < 4.78 is 45.9. The van der Waals surface area contributed by atoms with Gasteiger partial charge in [0.05, 0.1) is 23.4 Å². The highest BCUT2D eigenvalue weighted by Gasteiger charge is 2.42. The molecule has 2 nitrogen and oxygen atoms in total. The van der Waals surface area contributed by atoms with Gasteiger partial charge in [-0.05, 0) is 48.9 Å². The number of anilines is 1.